The van der Waals surface area contributed by atoms with Gasteiger partial charge in [-0.05, 0) is 55.5 Å². The van der Waals surface area contributed by atoms with Crippen molar-refractivity contribution in [2.45, 2.75) is 38.5 Å². The molecule has 2 heterocycles. The Bertz CT molecular complexity index is 905. The summed E-state index contributed by atoms with van der Waals surface area (Å²) in [6.45, 7) is 5.31. The lowest BCUT2D eigenvalue weighted by Crippen LogP contribution is -2.34. The predicted molar refractivity (Wildman–Crippen MR) is 111 cm³/mol. The topological polar surface area (TPSA) is 25.2 Å². The standard InChI is InChI=1S/C24H28N2O/c1-2-24(27)26-18-21(22-10-6-7-11-23(22)26)14-17-25-15-12-20(13-16-25)19-8-4-3-5-9-19/h3-11,18,20H,2,12-17H2,1H3. The minimum absolute atomic E-state index is 0.168. The summed E-state index contributed by atoms with van der Waals surface area (Å²) in [6, 6.07) is 19.2. The molecule has 4 rings (SSSR count). The largest absolute Gasteiger partial charge is 0.303 e. The van der Waals surface area contributed by atoms with E-state index < -0.39 is 0 Å². The summed E-state index contributed by atoms with van der Waals surface area (Å²) in [5.41, 5.74) is 3.82. The second-order valence-corrected chi connectivity index (χ2v) is 7.57. The monoisotopic (exact) mass is 360 g/mol. The molecule has 0 atom stereocenters. The lowest BCUT2D eigenvalue weighted by molar-refractivity contribution is 0.0914. The molecule has 3 heteroatoms. The number of hydrogen-bond acceptors (Lipinski definition) is 2. The van der Waals surface area contributed by atoms with Gasteiger partial charge in [0.15, 0.2) is 0 Å². The Labute approximate surface area is 161 Å². The quantitative estimate of drug-likeness (QED) is 0.631. The van der Waals surface area contributed by atoms with Crippen LogP contribution in [0.25, 0.3) is 10.9 Å². The number of likely N-dealkylation sites (tertiary alicyclic amines) is 1. The van der Waals surface area contributed by atoms with Crippen molar-refractivity contribution in [3.63, 3.8) is 0 Å². The van der Waals surface area contributed by atoms with E-state index in [1.165, 1.54) is 29.4 Å². The molecule has 0 saturated carbocycles. The van der Waals surface area contributed by atoms with Gasteiger partial charge >= 0.3 is 0 Å². The molecule has 0 amide bonds. The van der Waals surface area contributed by atoms with Crippen LogP contribution in [0.1, 0.15) is 48.0 Å². The molecule has 27 heavy (non-hydrogen) atoms. The zero-order valence-corrected chi connectivity index (χ0v) is 16.1. The van der Waals surface area contributed by atoms with E-state index in [0.29, 0.717) is 12.3 Å². The maximum atomic E-state index is 12.3. The SMILES string of the molecule is CCC(=O)n1cc(CCN2CCC(c3ccccc3)CC2)c2ccccc21. The van der Waals surface area contributed by atoms with Gasteiger partial charge in [-0.1, -0.05) is 55.5 Å². The summed E-state index contributed by atoms with van der Waals surface area (Å²) in [5, 5.41) is 1.22. The fourth-order valence-corrected chi connectivity index (χ4v) is 4.32. The average molecular weight is 361 g/mol. The Hall–Kier alpha value is -2.39. The van der Waals surface area contributed by atoms with Crippen molar-refractivity contribution >= 4 is 16.8 Å². The van der Waals surface area contributed by atoms with Gasteiger partial charge < -0.3 is 4.90 Å². The molecular weight excluding hydrogens is 332 g/mol. The number of piperidine rings is 1. The van der Waals surface area contributed by atoms with Crippen molar-refractivity contribution in [1.82, 2.24) is 9.47 Å². The molecule has 0 spiro atoms. The molecule has 0 unspecified atom stereocenters. The zero-order chi connectivity index (χ0) is 18.6. The van der Waals surface area contributed by atoms with E-state index in [2.05, 4.69) is 59.6 Å². The highest BCUT2D eigenvalue weighted by molar-refractivity contribution is 5.94. The minimum atomic E-state index is 0.168. The molecule has 0 aliphatic carbocycles. The van der Waals surface area contributed by atoms with Gasteiger partial charge in [-0.25, -0.2) is 0 Å². The van der Waals surface area contributed by atoms with Crippen molar-refractivity contribution in [2.24, 2.45) is 0 Å². The number of nitrogens with zero attached hydrogens (tertiary/aromatic N) is 2. The Morgan fingerprint density at radius 3 is 2.44 bits per heavy atom. The van der Waals surface area contributed by atoms with E-state index in [1.54, 1.807) is 0 Å². The Balaban J connectivity index is 1.40. The molecule has 140 valence electrons. The van der Waals surface area contributed by atoms with E-state index >= 15 is 0 Å². The number of aromatic nitrogens is 1. The molecule has 3 nitrogen and oxygen atoms in total. The summed E-state index contributed by atoms with van der Waals surface area (Å²) < 4.78 is 1.84. The molecule has 0 bridgehead atoms. The number of fused-ring (bicyclic) bond motifs is 1. The first-order valence-corrected chi connectivity index (χ1v) is 10.2. The number of carbonyl (C=O) groups is 1. The molecule has 2 aromatic carbocycles. The van der Waals surface area contributed by atoms with Crippen LogP contribution >= 0.6 is 0 Å². The fourth-order valence-electron chi connectivity index (χ4n) is 4.32. The van der Waals surface area contributed by atoms with Crippen LogP contribution in [0.2, 0.25) is 0 Å². The molecule has 1 aliphatic heterocycles. The van der Waals surface area contributed by atoms with Gasteiger partial charge in [-0.3, -0.25) is 9.36 Å². The fraction of sp³-hybridized carbons (Fsp3) is 0.375. The number of para-hydroxylation sites is 1. The number of benzene rings is 2. The van der Waals surface area contributed by atoms with Crippen molar-refractivity contribution < 1.29 is 4.79 Å². The van der Waals surface area contributed by atoms with E-state index in [-0.39, 0.29) is 5.91 Å². The first-order chi connectivity index (χ1) is 13.3. The minimum Gasteiger partial charge on any atom is -0.303 e. The average Bonchev–Trinajstić information content (AvgIpc) is 3.11. The second-order valence-electron chi connectivity index (χ2n) is 7.57. The summed E-state index contributed by atoms with van der Waals surface area (Å²) >= 11 is 0. The van der Waals surface area contributed by atoms with E-state index in [9.17, 15) is 4.79 Å². The van der Waals surface area contributed by atoms with Crippen LogP contribution in [0.5, 0.6) is 0 Å². The van der Waals surface area contributed by atoms with Gasteiger partial charge in [-0.2, -0.15) is 0 Å². The lowest BCUT2D eigenvalue weighted by atomic mass is 9.89. The van der Waals surface area contributed by atoms with Crippen LogP contribution in [0.4, 0.5) is 0 Å². The van der Waals surface area contributed by atoms with E-state index in [1.807, 2.05) is 17.6 Å². The zero-order valence-electron chi connectivity index (χ0n) is 16.1. The van der Waals surface area contributed by atoms with Gasteiger partial charge in [-0.15, -0.1) is 0 Å². The highest BCUT2D eigenvalue weighted by atomic mass is 16.1. The summed E-state index contributed by atoms with van der Waals surface area (Å²) in [7, 11) is 0. The maximum absolute atomic E-state index is 12.3. The van der Waals surface area contributed by atoms with Gasteiger partial charge in [0.2, 0.25) is 5.91 Å². The number of carbonyl (C=O) groups excluding carboxylic acids is 1. The molecule has 1 fully saturated rings. The molecule has 1 aromatic heterocycles. The summed E-state index contributed by atoms with van der Waals surface area (Å²) in [6.07, 6.45) is 6.07. The Morgan fingerprint density at radius 2 is 1.70 bits per heavy atom. The van der Waals surface area contributed by atoms with Gasteiger partial charge in [0.05, 0.1) is 5.52 Å². The molecular formula is C24H28N2O. The van der Waals surface area contributed by atoms with E-state index in [0.717, 1.165) is 31.6 Å². The third kappa shape index (κ3) is 3.84. The highest BCUT2D eigenvalue weighted by Gasteiger charge is 2.21. The molecule has 0 N–H and O–H groups in total. The molecule has 3 aromatic rings. The van der Waals surface area contributed by atoms with Crippen LogP contribution in [0, 0.1) is 0 Å². The first kappa shape index (κ1) is 18.0. The van der Waals surface area contributed by atoms with Crippen molar-refractivity contribution in [1.29, 1.82) is 0 Å². The van der Waals surface area contributed by atoms with Gasteiger partial charge in [0, 0.05) is 24.5 Å². The van der Waals surface area contributed by atoms with Gasteiger partial charge in [0.1, 0.15) is 0 Å². The van der Waals surface area contributed by atoms with Crippen LogP contribution in [0.15, 0.2) is 60.8 Å². The molecule has 0 radical (unpaired) electrons. The lowest BCUT2D eigenvalue weighted by Gasteiger charge is -2.32. The first-order valence-electron chi connectivity index (χ1n) is 10.2. The Kier molecular flexibility index (Phi) is 5.40. The third-order valence-corrected chi connectivity index (χ3v) is 5.92. The maximum Gasteiger partial charge on any atom is 0.230 e. The van der Waals surface area contributed by atoms with Crippen molar-refractivity contribution in [3.8, 4) is 0 Å². The van der Waals surface area contributed by atoms with Crippen LogP contribution in [-0.2, 0) is 6.42 Å². The van der Waals surface area contributed by atoms with Crippen molar-refractivity contribution in [2.75, 3.05) is 19.6 Å². The molecule has 1 aliphatic rings. The van der Waals surface area contributed by atoms with Crippen LogP contribution in [0.3, 0.4) is 0 Å². The summed E-state index contributed by atoms with van der Waals surface area (Å²) in [4.78, 5) is 14.8. The predicted octanol–water partition coefficient (Wildman–Crippen LogP) is 5.11. The Morgan fingerprint density at radius 1 is 1.00 bits per heavy atom. The second kappa shape index (κ2) is 8.10. The normalized spacial score (nSPS) is 16.0. The molecule has 1 saturated heterocycles. The highest BCUT2D eigenvalue weighted by Crippen LogP contribution is 2.28. The third-order valence-electron chi connectivity index (χ3n) is 5.92. The smallest absolute Gasteiger partial charge is 0.230 e. The van der Waals surface area contributed by atoms with Gasteiger partial charge in [0.25, 0.3) is 0 Å². The number of rotatable bonds is 5. The van der Waals surface area contributed by atoms with E-state index in [4.69, 9.17) is 0 Å². The van der Waals surface area contributed by atoms with Crippen LogP contribution < -0.4 is 0 Å². The summed E-state index contributed by atoms with van der Waals surface area (Å²) in [5.74, 6) is 0.868. The van der Waals surface area contributed by atoms with Crippen molar-refractivity contribution in [3.05, 3.63) is 71.9 Å². The van der Waals surface area contributed by atoms with Crippen LogP contribution in [-0.4, -0.2) is 35.0 Å². The number of hydrogen-bond donors (Lipinski definition) is 0.